The van der Waals surface area contributed by atoms with E-state index in [1.807, 2.05) is 0 Å². The van der Waals surface area contributed by atoms with E-state index in [2.05, 4.69) is 0 Å². The average molecular weight is 258 g/mol. The summed E-state index contributed by atoms with van der Waals surface area (Å²) >= 11 is 1.18. The van der Waals surface area contributed by atoms with E-state index >= 15 is 0 Å². The molecule has 5 nitrogen and oxygen atoms in total. The third-order valence-electron chi connectivity index (χ3n) is 2.11. The number of esters is 1. The molecular formula is C11H14O5S. The summed E-state index contributed by atoms with van der Waals surface area (Å²) in [6, 6.07) is 1.54. The number of rotatable bonds is 6. The minimum absolute atomic E-state index is 0.105. The van der Waals surface area contributed by atoms with E-state index in [0.29, 0.717) is 17.0 Å². The molecule has 0 radical (unpaired) electrons. The van der Waals surface area contributed by atoms with Gasteiger partial charge in [-0.15, -0.1) is 11.3 Å². The zero-order valence-electron chi connectivity index (χ0n) is 9.38. The van der Waals surface area contributed by atoms with Crippen LogP contribution in [0, 0.1) is 0 Å². The molecule has 0 aliphatic carbocycles. The van der Waals surface area contributed by atoms with Gasteiger partial charge in [0.05, 0.1) is 12.7 Å². The second-order valence-electron chi connectivity index (χ2n) is 3.41. The van der Waals surface area contributed by atoms with E-state index < -0.39 is 18.0 Å². The van der Waals surface area contributed by atoms with Crippen molar-refractivity contribution >= 4 is 23.3 Å². The summed E-state index contributed by atoms with van der Waals surface area (Å²) < 4.78 is 4.81. The fraction of sp³-hybridized carbons (Fsp3) is 0.455. The van der Waals surface area contributed by atoms with E-state index in [4.69, 9.17) is 9.84 Å². The molecule has 6 heteroatoms. The minimum atomic E-state index is -0.954. The topological polar surface area (TPSA) is 83.8 Å². The Hall–Kier alpha value is -1.40. The van der Waals surface area contributed by atoms with Crippen LogP contribution in [0.4, 0.5) is 0 Å². The molecule has 0 aliphatic rings. The van der Waals surface area contributed by atoms with Crippen molar-refractivity contribution in [2.75, 3.05) is 6.61 Å². The van der Waals surface area contributed by atoms with Gasteiger partial charge in [0.1, 0.15) is 4.88 Å². The Labute approximate surface area is 103 Å². The number of aliphatic hydroxyl groups excluding tert-OH is 1. The minimum Gasteiger partial charge on any atom is -0.481 e. The Morgan fingerprint density at radius 2 is 2.24 bits per heavy atom. The molecule has 0 fully saturated rings. The maximum atomic E-state index is 11.4. The second kappa shape index (κ2) is 6.36. The predicted molar refractivity (Wildman–Crippen MR) is 62.1 cm³/mol. The van der Waals surface area contributed by atoms with Crippen molar-refractivity contribution in [2.45, 2.75) is 25.9 Å². The third-order valence-corrected chi connectivity index (χ3v) is 3.04. The zero-order chi connectivity index (χ0) is 12.8. The monoisotopic (exact) mass is 258 g/mol. The molecule has 0 saturated carbocycles. The summed E-state index contributed by atoms with van der Waals surface area (Å²) in [6.45, 7) is 2.02. The fourth-order valence-electron chi connectivity index (χ4n) is 1.26. The first-order valence-corrected chi connectivity index (χ1v) is 6.08. The lowest BCUT2D eigenvalue weighted by molar-refractivity contribution is -0.137. The quantitative estimate of drug-likeness (QED) is 0.760. The third kappa shape index (κ3) is 4.16. The Bertz CT molecular complexity index is 398. The summed E-state index contributed by atoms with van der Waals surface area (Å²) in [4.78, 5) is 22.1. The molecular weight excluding hydrogens is 244 g/mol. The van der Waals surface area contributed by atoms with E-state index in [9.17, 15) is 14.7 Å². The first-order chi connectivity index (χ1) is 8.04. The Kier molecular flexibility index (Phi) is 5.11. The van der Waals surface area contributed by atoms with Crippen molar-refractivity contribution in [3.05, 3.63) is 21.9 Å². The van der Waals surface area contributed by atoms with Gasteiger partial charge in [-0.25, -0.2) is 4.79 Å². The van der Waals surface area contributed by atoms with Crippen LogP contribution in [-0.4, -0.2) is 28.8 Å². The molecule has 1 heterocycles. The molecule has 0 aromatic carbocycles. The highest BCUT2D eigenvalue weighted by Gasteiger charge is 2.15. The summed E-state index contributed by atoms with van der Waals surface area (Å²) in [5.41, 5.74) is 0.555. The number of hydrogen-bond acceptors (Lipinski definition) is 5. The van der Waals surface area contributed by atoms with Gasteiger partial charge in [0, 0.05) is 6.42 Å². The number of aliphatic hydroxyl groups is 1. The normalized spacial score (nSPS) is 12.1. The molecule has 0 bridgehead atoms. The van der Waals surface area contributed by atoms with Crippen molar-refractivity contribution in [1.29, 1.82) is 0 Å². The molecule has 17 heavy (non-hydrogen) atoms. The van der Waals surface area contributed by atoms with Gasteiger partial charge in [-0.1, -0.05) is 0 Å². The van der Waals surface area contributed by atoms with Gasteiger partial charge in [-0.2, -0.15) is 0 Å². The van der Waals surface area contributed by atoms with Crippen LogP contribution in [0.15, 0.2) is 11.4 Å². The van der Waals surface area contributed by atoms with Crippen LogP contribution in [0.2, 0.25) is 0 Å². The van der Waals surface area contributed by atoms with E-state index in [1.54, 1.807) is 12.3 Å². The maximum Gasteiger partial charge on any atom is 0.348 e. The van der Waals surface area contributed by atoms with Gasteiger partial charge in [-0.3, -0.25) is 4.79 Å². The molecule has 0 aliphatic heterocycles. The summed E-state index contributed by atoms with van der Waals surface area (Å²) in [6.07, 6.45) is -0.828. The van der Waals surface area contributed by atoms with Crippen molar-refractivity contribution < 1.29 is 24.5 Å². The molecule has 0 amide bonds. The van der Waals surface area contributed by atoms with Gasteiger partial charge in [0.15, 0.2) is 0 Å². The van der Waals surface area contributed by atoms with Crippen LogP contribution in [0.25, 0.3) is 0 Å². The molecule has 0 saturated heterocycles. The van der Waals surface area contributed by atoms with Gasteiger partial charge in [0.25, 0.3) is 0 Å². The predicted octanol–water partition coefficient (Wildman–Crippen LogP) is 1.82. The van der Waals surface area contributed by atoms with Crippen molar-refractivity contribution in [1.82, 2.24) is 0 Å². The van der Waals surface area contributed by atoms with Gasteiger partial charge in [0.2, 0.25) is 0 Å². The van der Waals surface area contributed by atoms with Crippen LogP contribution in [-0.2, 0) is 9.53 Å². The van der Waals surface area contributed by atoms with Gasteiger partial charge in [-0.05, 0) is 30.4 Å². The molecule has 1 aromatic rings. The summed E-state index contributed by atoms with van der Waals surface area (Å²) in [7, 11) is 0. The second-order valence-corrected chi connectivity index (χ2v) is 4.32. The molecule has 1 aromatic heterocycles. The fourth-order valence-corrected chi connectivity index (χ4v) is 2.11. The lowest BCUT2D eigenvalue weighted by Gasteiger charge is -2.05. The number of aliphatic carboxylic acids is 1. The van der Waals surface area contributed by atoms with E-state index in [-0.39, 0.29) is 12.8 Å². The lowest BCUT2D eigenvalue weighted by Crippen LogP contribution is -2.03. The number of thiophene rings is 1. The SMILES string of the molecule is CCOC(=O)c1cc(C(O)CCC(=O)O)cs1. The highest BCUT2D eigenvalue weighted by molar-refractivity contribution is 7.12. The largest absolute Gasteiger partial charge is 0.481 e. The van der Waals surface area contributed by atoms with Gasteiger partial charge >= 0.3 is 11.9 Å². The Morgan fingerprint density at radius 3 is 2.82 bits per heavy atom. The molecule has 2 N–H and O–H groups in total. The zero-order valence-corrected chi connectivity index (χ0v) is 10.2. The molecule has 1 atom stereocenters. The highest BCUT2D eigenvalue weighted by atomic mass is 32.1. The summed E-state index contributed by atoms with van der Waals surface area (Å²) in [5.74, 6) is -1.38. The van der Waals surface area contributed by atoms with Crippen LogP contribution >= 0.6 is 11.3 Å². The number of carboxylic acid groups (broad SMARTS) is 1. The Balaban J connectivity index is 2.60. The molecule has 94 valence electrons. The Morgan fingerprint density at radius 1 is 1.53 bits per heavy atom. The summed E-state index contributed by atoms with van der Waals surface area (Å²) in [5, 5.41) is 19.8. The number of hydrogen-bond donors (Lipinski definition) is 2. The van der Waals surface area contributed by atoms with Crippen molar-refractivity contribution in [3.63, 3.8) is 0 Å². The first-order valence-electron chi connectivity index (χ1n) is 5.20. The molecule has 1 rings (SSSR count). The number of carbonyl (C=O) groups excluding carboxylic acids is 1. The number of ether oxygens (including phenoxy) is 1. The number of carboxylic acids is 1. The highest BCUT2D eigenvalue weighted by Crippen LogP contribution is 2.24. The van der Waals surface area contributed by atoms with E-state index in [0.717, 1.165) is 0 Å². The molecule has 0 spiro atoms. The standard InChI is InChI=1S/C11H14O5S/c1-2-16-11(15)9-5-7(6-17-9)8(12)3-4-10(13)14/h5-6,8,12H,2-4H2,1H3,(H,13,14). The molecule has 1 unspecified atom stereocenters. The first kappa shape index (κ1) is 13.7. The van der Waals surface area contributed by atoms with Crippen LogP contribution < -0.4 is 0 Å². The number of carbonyl (C=O) groups is 2. The smallest absolute Gasteiger partial charge is 0.348 e. The average Bonchev–Trinajstić information content (AvgIpc) is 2.75. The van der Waals surface area contributed by atoms with Crippen molar-refractivity contribution in [2.24, 2.45) is 0 Å². The van der Waals surface area contributed by atoms with Crippen LogP contribution in [0.3, 0.4) is 0 Å². The van der Waals surface area contributed by atoms with E-state index in [1.165, 1.54) is 17.4 Å². The lowest BCUT2D eigenvalue weighted by atomic mass is 10.1. The van der Waals surface area contributed by atoms with Crippen molar-refractivity contribution in [3.8, 4) is 0 Å². The van der Waals surface area contributed by atoms with Gasteiger partial charge < -0.3 is 14.9 Å². The van der Waals surface area contributed by atoms with Crippen LogP contribution in [0.5, 0.6) is 0 Å². The van der Waals surface area contributed by atoms with Crippen LogP contribution in [0.1, 0.15) is 41.1 Å². The maximum absolute atomic E-state index is 11.4.